The molecule has 0 aromatic carbocycles. The maximum Gasteiger partial charge on any atom is 0.280 e. The maximum absolute atomic E-state index is 11.7. The Hall–Kier alpha value is -2.01. The van der Waals surface area contributed by atoms with E-state index in [1.54, 1.807) is 0 Å². The Morgan fingerprint density at radius 2 is 2.29 bits per heavy atom. The van der Waals surface area contributed by atoms with Crippen molar-refractivity contribution in [1.29, 1.82) is 0 Å². The van der Waals surface area contributed by atoms with Crippen LogP contribution in [0.3, 0.4) is 0 Å². The number of fused-ring (bicyclic) bond motifs is 1. The van der Waals surface area contributed by atoms with E-state index in [0.717, 1.165) is 0 Å². The van der Waals surface area contributed by atoms with Crippen molar-refractivity contribution in [3.8, 4) is 0 Å². The number of nitrogens with two attached hydrogens (primary N) is 1. The Labute approximate surface area is 117 Å². The Bertz CT molecular complexity index is 713. The lowest BCUT2D eigenvalue weighted by Crippen LogP contribution is -2.48. The Morgan fingerprint density at radius 1 is 1.52 bits per heavy atom. The van der Waals surface area contributed by atoms with Gasteiger partial charge in [0.2, 0.25) is 5.95 Å². The maximum atomic E-state index is 11.7. The van der Waals surface area contributed by atoms with Crippen molar-refractivity contribution in [2.75, 3.05) is 12.3 Å². The van der Waals surface area contributed by atoms with Gasteiger partial charge in [-0.3, -0.25) is 14.3 Å². The van der Waals surface area contributed by atoms with Crippen LogP contribution in [0.4, 0.5) is 5.95 Å². The number of imidazole rings is 1. The zero-order chi connectivity index (χ0) is 15.1. The number of aromatic amines is 1. The summed E-state index contributed by atoms with van der Waals surface area (Å²) < 4.78 is 6.96. The SMILES string of the molecule is Nc1nc2c(ncn2C2CC(O)C(O)C(CO)O2)c(=O)[nH]1. The molecule has 4 unspecified atom stereocenters. The van der Waals surface area contributed by atoms with Gasteiger partial charge in [-0.05, 0) is 0 Å². The third-order valence-electron chi connectivity index (χ3n) is 3.49. The molecule has 3 heterocycles. The molecule has 0 saturated carbocycles. The van der Waals surface area contributed by atoms with Crippen LogP contribution in [0, 0.1) is 0 Å². The summed E-state index contributed by atoms with van der Waals surface area (Å²) in [4.78, 5) is 22.0. The van der Waals surface area contributed by atoms with E-state index < -0.39 is 36.7 Å². The minimum Gasteiger partial charge on any atom is -0.394 e. The summed E-state index contributed by atoms with van der Waals surface area (Å²) in [7, 11) is 0. The molecule has 1 aliphatic rings. The van der Waals surface area contributed by atoms with E-state index in [9.17, 15) is 20.1 Å². The summed E-state index contributed by atoms with van der Waals surface area (Å²) in [5.74, 6) is -0.0654. The average Bonchev–Trinajstić information content (AvgIpc) is 2.85. The molecule has 4 atom stereocenters. The fourth-order valence-electron chi connectivity index (χ4n) is 2.42. The van der Waals surface area contributed by atoms with Gasteiger partial charge in [0.25, 0.3) is 5.56 Å². The molecule has 0 aliphatic carbocycles. The van der Waals surface area contributed by atoms with E-state index in [2.05, 4.69) is 15.0 Å². The van der Waals surface area contributed by atoms with Crippen molar-refractivity contribution in [2.45, 2.75) is 31.0 Å². The predicted molar refractivity (Wildman–Crippen MR) is 70.2 cm³/mol. The number of aliphatic hydroxyl groups excluding tert-OH is 3. The lowest BCUT2D eigenvalue weighted by molar-refractivity contribution is -0.200. The summed E-state index contributed by atoms with van der Waals surface area (Å²) in [5.41, 5.74) is 5.33. The molecule has 2 aromatic rings. The van der Waals surface area contributed by atoms with Gasteiger partial charge in [-0.1, -0.05) is 0 Å². The first-order valence-corrected chi connectivity index (χ1v) is 6.36. The quantitative estimate of drug-likeness (QED) is 0.414. The zero-order valence-electron chi connectivity index (χ0n) is 10.9. The van der Waals surface area contributed by atoms with Gasteiger partial charge >= 0.3 is 0 Å². The van der Waals surface area contributed by atoms with Gasteiger partial charge in [-0.25, -0.2) is 4.98 Å². The number of nitrogen functional groups attached to an aromatic ring is 1. The Balaban J connectivity index is 2.03. The number of nitrogens with zero attached hydrogens (tertiary/aromatic N) is 3. The standard InChI is InChI=1S/C11H15N5O5/c12-11-14-9-7(10(20)15-11)13-3-16(9)6-1-4(18)8(19)5(2-17)21-6/h3-6,8,17-19H,1-2H2,(H3,12,14,15,20). The highest BCUT2D eigenvalue weighted by atomic mass is 16.5. The van der Waals surface area contributed by atoms with Crippen LogP contribution in [0.2, 0.25) is 0 Å². The average molecular weight is 297 g/mol. The van der Waals surface area contributed by atoms with Crippen LogP contribution in [-0.2, 0) is 4.74 Å². The number of aromatic nitrogens is 4. The topological polar surface area (TPSA) is 160 Å². The number of aliphatic hydroxyl groups is 3. The van der Waals surface area contributed by atoms with Gasteiger partial charge in [-0.2, -0.15) is 4.98 Å². The second-order valence-corrected chi connectivity index (χ2v) is 4.88. The second kappa shape index (κ2) is 5.07. The van der Waals surface area contributed by atoms with Crippen molar-refractivity contribution in [1.82, 2.24) is 19.5 Å². The summed E-state index contributed by atoms with van der Waals surface area (Å²) in [6.45, 7) is -0.447. The molecule has 6 N–H and O–H groups in total. The predicted octanol–water partition coefficient (Wildman–Crippen LogP) is -2.30. The molecule has 10 nitrogen and oxygen atoms in total. The lowest BCUT2D eigenvalue weighted by atomic mass is 10.0. The summed E-state index contributed by atoms with van der Waals surface area (Å²) in [6, 6.07) is 0. The molecule has 10 heteroatoms. The number of rotatable bonds is 2. The second-order valence-electron chi connectivity index (χ2n) is 4.88. The van der Waals surface area contributed by atoms with Crippen molar-refractivity contribution in [3.05, 3.63) is 16.7 Å². The molecule has 0 radical (unpaired) electrons. The molecule has 0 spiro atoms. The number of anilines is 1. The first kappa shape index (κ1) is 13.9. The van der Waals surface area contributed by atoms with E-state index in [1.807, 2.05) is 0 Å². The minimum atomic E-state index is -1.18. The van der Waals surface area contributed by atoms with E-state index in [1.165, 1.54) is 10.9 Å². The highest BCUT2D eigenvalue weighted by Gasteiger charge is 2.37. The minimum absolute atomic E-state index is 0.0654. The van der Waals surface area contributed by atoms with Crippen LogP contribution in [0.15, 0.2) is 11.1 Å². The van der Waals surface area contributed by atoms with E-state index in [-0.39, 0.29) is 23.5 Å². The molecular weight excluding hydrogens is 282 g/mol. The first-order valence-electron chi connectivity index (χ1n) is 6.36. The van der Waals surface area contributed by atoms with E-state index >= 15 is 0 Å². The molecule has 114 valence electrons. The molecule has 0 bridgehead atoms. The third-order valence-corrected chi connectivity index (χ3v) is 3.49. The summed E-state index contributed by atoms with van der Waals surface area (Å²) >= 11 is 0. The van der Waals surface area contributed by atoms with Crippen molar-refractivity contribution >= 4 is 17.1 Å². The Morgan fingerprint density at radius 3 is 3.00 bits per heavy atom. The largest absolute Gasteiger partial charge is 0.394 e. The highest BCUT2D eigenvalue weighted by molar-refractivity contribution is 5.70. The Kier molecular flexibility index (Phi) is 3.37. The monoisotopic (exact) mass is 297 g/mol. The van der Waals surface area contributed by atoms with Gasteiger partial charge in [0, 0.05) is 6.42 Å². The molecule has 1 saturated heterocycles. The summed E-state index contributed by atoms with van der Waals surface area (Å²) in [5, 5.41) is 28.7. The number of hydrogen-bond acceptors (Lipinski definition) is 8. The van der Waals surface area contributed by atoms with Crippen LogP contribution in [0.1, 0.15) is 12.6 Å². The van der Waals surface area contributed by atoms with E-state index in [0.29, 0.717) is 0 Å². The van der Waals surface area contributed by atoms with Crippen LogP contribution >= 0.6 is 0 Å². The number of nitrogens with one attached hydrogen (secondary N) is 1. The van der Waals surface area contributed by atoms with Gasteiger partial charge in [0.15, 0.2) is 11.2 Å². The zero-order valence-corrected chi connectivity index (χ0v) is 10.9. The summed E-state index contributed by atoms with van der Waals surface area (Å²) in [6.07, 6.45) is -2.50. The molecular formula is C11H15N5O5. The fraction of sp³-hybridized carbons (Fsp3) is 0.545. The van der Waals surface area contributed by atoms with Crippen LogP contribution < -0.4 is 11.3 Å². The highest BCUT2D eigenvalue weighted by Crippen LogP contribution is 2.29. The van der Waals surface area contributed by atoms with Crippen molar-refractivity contribution in [3.63, 3.8) is 0 Å². The number of ether oxygens (including phenoxy) is 1. The van der Waals surface area contributed by atoms with Crippen LogP contribution in [0.5, 0.6) is 0 Å². The van der Waals surface area contributed by atoms with Gasteiger partial charge in [0.1, 0.15) is 18.4 Å². The van der Waals surface area contributed by atoms with Gasteiger partial charge in [-0.15, -0.1) is 0 Å². The van der Waals surface area contributed by atoms with Crippen LogP contribution in [0.25, 0.3) is 11.2 Å². The van der Waals surface area contributed by atoms with Crippen molar-refractivity contribution in [2.24, 2.45) is 0 Å². The van der Waals surface area contributed by atoms with E-state index in [4.69, 9.17) is 10.5 Å². The van der Waals surface area contributed by atoms with Gasteiger partial charge in [0.05, 0.1) is 19.0 Å². The van der Waals surface area contributed by atoms with Crippen LogP contribution in [-0.4, -0.2) is 59.8 Å². The normalized spacial score (nSPS) is 29.9. The molecule has 0 amide bonds. The third kappa shape index (κ3) is 2.27. The van der Waals surface area contributed by atoms with Crippen molar-refractivity contribution < 1.29 is 20.1 Å². The molecule has 1 aliphatic heterocycles. The fourth-order valence-corrected chi connectivity index (χ4v) is 2.42. The lowest BCUT2D eigenvalue weighted by Gasteiger charge is -2.36. The first-order chi connectivity index (χ1) is 10.0. The number of hydrogen-bond donors (Lipinski definition) is 5. The molecule has 3 rings (SSSR count). The molecule has 2 aromatic heterocycles. The molecule has 21 heavy (non-hydrogen) atoms. The number of H-pyrrole nitrogens is 1. The van der Waals surface area contributed by atoms with Gasteiger partial charge < -0.3 is 25.8 Å². The smallest absolute Gasteiger partial charge is 0.280 e. The molecule has 1 fully saturated rings.